The molecule has 3 aromatic carbocycles. The highest BCUT2D eigenvalue weighted by Crippen LogP contribution is 2.29. The van der Waals surface area contributed by atoms with Crippen molar-refractivity contribution < 1.29 is 28.2 Å². The first-order valence-corrected chi connectivity index (χ1v) is 15.5. The maximum absolute atomic E-state index is 15.6. The van der Waals surface area contributed by atoms with E-state index in [-0.39, 0.29) is 47.2 Å². The molecule has 0 bridgehead atoms. The zero-order valence-corrected chi connectivity index (χ0v) is 27.3. The number of nitrogens with two attached hydrogens (primary N) is 1. The van der Waals surface area contributed by atoms with E-state index in [0.29, 0.717) is 46.8 Å². The molecule has 1 aliphatic heterocycles. The molecule has 0 aliphatic carbocycles. The average Bonchev–Trinajstić information content (AvgIpc) is 3.35. The van der Waals surface area contributed by atoms with Crippen LogP contribution in [-0.4, -0.2) is 43.9 Å². The number of carboxylic acid groups (broad SMARTS) is 1. The molecule has 0 unspecified atom stereocenters. The van der Waals surface area contributed by atoms with Crippen molar-refractivity contribution in [3.05, 3.63) is 112 Å². The van der Waals surface area contributed by atoms with Crippen LogP contribution in [0.15, 0.2) is 66.7 Å². The number of fused-ring (bicyclic) bond motifs is 1. The van der Waals surface area contributed by atoms with E-state index in [1.165, 1.54) is 24.3 Å². The van der Waals surface area contributed by atoms with Crippen LogP contribution < -0.4 is 10.5 Å². The lowest BCUT2D eigenvalue weighted by molar-refractivity contribution is -0.0589. The molecule has 1 atom stereocenters. The van der Waals surface area contributed by atoms with Gasteiger partial charge in [0.2, 0.25) is 5.88 Å². The van der Waals surface area contributed by atoms with Crippen molar-refractivity contribution >= 4 is 17.0 Å². The van der Waals surface area contributed by atoms with Gasteiger partial charge in [-0.25, -0.2) is 23.5 Å². The number of carboxylic acids is 1. The van der Waals surface area contributed by atoms with Gasteiger partial charge in [0.1, 0.15) is 24.1 Å². The number of aromatic nitrogens is 3. The summed E-state index contributed by atoms with van der Waals surface area (Å²) in [4.78, 5) is 20.8. The molecular weight excluding hydrogens is 616 g/mol. The predicted octanol–water partition coefficient (Wildman–Crippen LogP) is 6.96. The minimum absolute atomic E-state index is 0. The maximum Gasteiger partial charge on any atom is 0.335 e. The largest absolute Gasteiger partial charge is 0.478 e. The number of pyridine rings is 1. The van der Waals surface area contributed by atoms with Crippen molar-refractivity contribution in [1.29, 1.82) is 5.26 Å². The third-order valence-corrected chi connectivity index (χ3v) is 7.55. The van der Waals surface area contributed by atoms with Gasteiger partial charge in [-0.1, -0.05) is 18.2 Å². The molecule has 48 heavy (non-hydrogen) atoms. The van der Waals surface area contributed by atoms with Crippen molar-refractivity contribution in [3.63, 3.8) is 0 Å². The summed E-state index contributed by atoms with van der Waals surface area (Å²) in [7, 11) is 0. The van der Waals surface area contributed by atoms with Gasteiger partial charge in [-0.3, -0.25) is 0 Å². The summed E-state index contributed by atoms with van der Waals surface area (Å²) in [5.74, 6) is -1.14. The van der Waals surface area contributed by atoms with E-state index < -0.39 is 17.6 Å². The molecule has 5 aromatic rings. The number of carbonyl (C=O) groups is 1. The van der Waals surface area contributed by atoms with Crippen molar-refractivity contribution in [2.75, 3.05) is 6.61 Å². The minimum atomic E-state index is -1.03. The SMILES string of the molecule is CC(C)(C)N.Cc1cc(Cc2nc3ccc(C(=O)O)cc3n2C[C@@H]2CCO2)c(F)cc1-c1cccc(OCc2ccc(C#N)cc2F)n1. The molecule has 1 saturated heterocycles. The Morgan fingerprint density at radius 3 is 2.46 bits per heavy atom. The molecule has 0 amide bonds. The van der Waals surface area contributed by atoms with Crippen LogP contribution >= 0.6 is 0 Å². The molecule has 248 valence electrons. The van der Waals surface area contributed by atoms with Gasteiger partial charge in [0.15, 0.2) is 0 Å². The molecule has 1 fully saturated rings. The average molecular weight is 654 g/mol. The molecular formula is C37H37F2N5O4. The fraction of sp³-hybridized carbons (Fsp3) is 0.297. The smallest absolute Gasteiger partial charge is 0.335 e. The van der Waals surface area contributed by atoms with E-state index in [0.717, 1.165) is 18.1 Å². The van der Waals surface area contributed by atoms with Gasteiger partial charge < -0.3 is 24.9 Å². The number of hydrogen-bond donors (Lipinski definition) is 2. The highest BCUT2D eigenvalue weighted by molar-refractivity contribution is 5.92. The monoisotopic (exact) mass is 653 g/mol. The van der Waals surface area contributed by atoms with Crippen LogP contribution in [0.25, 0.3) is 22.3 Å². The predicted molar refractivity (Wildman–Crippen MR) is 178 cm³/mol. The molecule has 3 N–H and O–H groups in total. The van der Waals surface area contributed by atoms with Crippen LogP contribution in [0.3, 0.4) is 0 Å². The normalized spacial score (nSPS) is 14.1. The number of halogens is 2. The first-order chi connectivity index (χ1) is 22.8. The summed E-state index contributed by atoms with van der Waals surface area (Å²) in [6.07, 6.45) is 1.08. The lowest BCUT2D eigenvalue weighted by Gasteiger charge is -2.27. The summed E-state index contributed by atoms with van der Waals surface area (Å²) in [5.41, 5.74) is 9.62. The van der Waals surface area contributed by atoms with Gasteiger partial charge in [-0.05, 0) is 87.7 Å². The molecule has 0 spiro atoms. The molecule has 0 radical (unpaired) electrons. The van der Waals surface area contributed by atoms with Gasteiger partial charge >= 0.3 is 5.97 Å². The Balaban J connectivity index is 0.000000840. The number of imidazole rings is 1. The number of nitriles is 1. The van der Waals surface area contributed by atoms with E-state index in [2.05, 4.69) is 4.98 Å². The van der Waals surface area contributed by atoms with Gasteiger partial charge in [0.05, 0.1) is 46.6 Å². The Labute approximate surface area is 277 Å². The Hall–Kier alpha value is -5.18. The Morgan fingerprint density at radius 2 is 1.81 bits per heavy atom. The van der Waals surface area contributed by atoms with E-state index in [4.69, 9.17) is 25.5 Å². The third kappa shape index (κ3) is 8.39. The number of ether oxygens (including phenoxy) is 2. The fourth-order valence-corrected chi connectivity index (χ4v) is 5.13. The van der Waals surface area contributed by atoms with Crippen LogP contribution in [0.1, 0.15) is 65.6 Å². The number of nitrogens with zero attached hydrogens (tertiary/aromatic N) is 4. The van der Waals surface area contributed by atoms with Gasteiger partial charge in [-0.15, -0.1) is 0 Å². The second kappa shape index (κ2) is 14.3. The quantitative estimate of drug-likeness (QED) is 0.174. The third-order valence-electron chi connectivity index (χ3n) is 7.55. The first kappa shape index (κ1) is 34.2. The van der Waals surface area contributed by atoms with Crippen LogP contribution in [0.2, 0.25) is 0 Å². The molecule has 11 heteroatoms. The molecule has 6 rings (SSSR count). The van der Waals surface area contributed by atoms with Crippen molar-refractivity contribution in [3.8, 4) is 23.2 Å². The lowest BCUT2D eigenvalue weighted by atomic mass is 9.99. The number of hydrogen-bond acceptors (Lipinski definition) is 7. The Kier molecular flexibility index (Phi) is 10.2. The molecule has 1 aliphatic rings. The summed E-state index contributed by atoms with van der Waals surface area (Å²) >= 11 is 0. The van der Waals surface area contributed by atoms with Crippen molar-refractivity contribution in [1.82, 2.24) is 14.5 Å². The zero-order valence-electron chi connectivity index (χ0n) is 27.3. The van der Waals surface area contributed by atoms with E-state index in [1.54, 1.807) is 36.4 Å². The molecule has 9 nitrogen and oxygen atoms in total. The molecule has 2 aromatic heterocycles. The lowest BCUT2D eigenvalue weighted by Crippen LogP contribution is -2.31. The van der Waals surface area contributed by atoms with Gasteiger partial charge in [0, 0.05) is 35.8 Å². The van der Waals surface area contributed by atoms with E-state index in [9.17, 15) is 14.3 Å². The van der Waals surface area contributed by atoms with Gasteiger partial charge in [-0.2, -0.15) is 5.26 Å². The first-order valence-electron chi connectivity index (χ1n) is 15.5. The van der Waals surface area contributed by atoms with Crippen molar-refractivity contribution in [2.45, 2.75) is 65.3 Å². The maximum atomic E-state index is 15.6. The Morgan fingerprint density at radius 1 is 1.08 bits per heavy atom. The second-order valence-electron chi connectivity index (χ2n) is 12.8. The van der Waals surface area contributed by atoms with E-state index >= 15 is 4.39 Å². The highest BCUT2D eigenvalue weighted by atomic mass is 19.1. The van der Waals surface area contributed by atoms with Crippen LogP contribution in [-0.2, 0) is 24.3 Å². The summed E-state index contributed by atoms with van der Waals surface area (Å²) in [5, 5.41) is 18.4. The number of benzene rings is 3. The van der Waals surface area contributed by atoms with Crippen LogP contribution in [0.5, 0.6) is 5.88 Å². The summed E-state index contributed by atoms with van der Waals surface area (Å²) in [6, 6.07) is 19.1. The number of aromatic carboxylic acids is 1. The molecule has 3 heterocycles. The summed E-state index contributed by atoms with van der Waals surface area (Å²) in [6.45, 7) is 8.85. The number of rotatable bonds is 9. The van der Waals surface area contributed by atoms with Crippen molar-refractivity contribution in [2.24, 2.45) is 5.73 Å². The van der Waals surface area contributed by atoms with Crippen LogP contribution in [0, 0.1) is 29.9 Å². The topological polar surface area (TPSA) is 136 Å². The standard InChI is InChI=1S/C33H26F2N4O4.C4H11N/c1-19-11-23(14-31-37-29-8-7-21(33(40)41)13-30(29)39(31)17-24-9-10-42-24)27(35)15-25(19)28-3-2-4-32(38-28)43-18-22-6-5-20(16-36)12-26(22)34;1-4(2,3)5/h2-8,11-13,15,24H,9-10,14,17-18H2,1H3,(H,40,41);5H2,1-3H3/t24-;/m0./s1. The summed E-state index contributed by atoms with van der Waals surface area (Å²) < 4.78 is 43.1. The van der Waals surface area contributed by atoms with Crippen LogP contribution in [0.4, 0.5) is 8.78 Å². The number of aryl methyl sites for hydroxylation is 1. The van der Waals surface area contributed by atoms with E-state index in [1.807, 2.05) is 38.3 Å². The highest BCUT2D eigenvalue weighted by Gasteiger charge is 2.23. The Bertz CT molecular complexity index is 2000. The molecule has 0 saturated carbocycles. The fourth-order valence-electron chi connectivity index (χ4n) is 5.13. The minimum Gasteiger partial charge on any atom is -0.478 e. The van der Waals surface area contributed by atoms with Gasteiger partial charge in [0.25, 0.3) is 0 Å². The second-order valence-corrected chi connectivity index (χ2v) is 12.8. The zero-order chi connectivity index (χ0) is 34.6.